The van der Waals surface area contributed by atoms with Crippen LogP contribution < -0.4 is 0 Å². The van der Waals surface area contributed by atoms with Gasteiger partial charge in [-0.1, -0.05) is 96.8 Å². The third-order valence-corrected chi connectivity index (χ3v) is 4.82. The minimum absolute atomic E-state index is 0.0554. The van der Waals surface area contributed by atoms with E-state index < -0.39 is 0 Å². The van der Waals surface area contributed by atoms with Crippen molar-refractivity contribution in [2.75, 3.05) is 13.2 Å². The first-order chi connectivity index (χ1) is 11.8. The molecule has 0 bridgehead atoms. The van der Waals surface area contributed by atoms with Crippen molar-refractivity contribution in [2.45, 2.75) is 116 Å². The zero-order chi connectivity index (χ0) is 17.3. The molecule has 0 aromatic heterocycles. The zero-order valence-corrected chi connectivity index (χ0v) is 16.0. The van der Waals surface area contributed by atoms with Gasteiger partial charge in [-0.3, -0.25) is 4.79 Å². The first kappa shape index (κ1) is 21.5. The van der Waals surface area contributed by atoms with Gasteiger partial charge in [0.05, 0.1) is 6.61 Å². The summed E-state index contributed by atoms with van der Waals surface area (Å²) in [5, 5.41) is 0. The van der Waals surface area contributed by atoms with Gasteiger partial charge in [0, 0.05) is 6.42 Å². The quantitative estimate of drug-likeness (QED) is 0.170. The third kappa shape index (κ3) is 15.0. The summed E-state index contributed by atoms with van der Waals surface area (Å²) in [5.74, 6) is -0.0554. The highest BCUT2D eigenvalue weighted by molar-refractivity contribution is 5.69. The van der Waals surface area contributed by atoms with E-state index in [1.165, 1.54) is 83.5 Å². The number of hydrogen-bond donors (Lipinski definition) is 0. The fourth-order valence-corrected chi connectivity index (χ4v) is 3.06. The standard InChI is InChI=1S/C21H40O3/c1-2-3-4-5-6-7-8-9-10-11-12-13-14-15-16-17-21(22)24-19-20-18-23-20/h20H,2-19H2,1H3. The molecule has 0 amide bonds. The smallest absolute Gasteiger partial charge is 0.305 e. The maximum Gasteiger partial charge on any atom is 0.305 e. The van der Waals surface area contributed by atoms with Crippen LogP contribution in [0.4, 0.5) is 0 Å². The molecule has 1 aliphatic rings. The molecule has 0 radical (unpaired) electrons. The summed E-state index contributed by atoms with van der Waals surface area (Å²) in [6.45, 7) is 3.49. The second-order valence-electron chi connectivity index (χ2n) is 7.34. The van der Waals surface area contributed by atoms with Crippen LogP contribution in [-0.4, -0.2) is 25.3 Å². The molecule has 0 spiro atoms. The monoisotopic (exact) mass is 340 g/mol. The van der Waals surface area contributed by atoms with Crippen LogP contribution in [0.2, 0.25) is 0 Å². The molecule has 1 aliphatic heterocycles. The van der Waals surface area contributed by atoms with Crippen LogP contribution in [0.15, 0.2) is 0 Å². The summed E-state index contributed by atoms with van der Waals surface area (Å²) >= 11 is 0. The summed E-state index contributed by atoms with van der Waals surface area (Å²) in [6, 6.07) is 0. The summed E-state index contributed by atoms with van der Waals surface area (Å²) in [6.07, 6.45) is 21.0. The topological polar surface area (TPSA) is 38.8 Å². The molecule has 1 atom stereocenters. The van der Waals surface area contributed by atoms with Crippen LogP contribution in [0.3, 0.4) is 0 Å². The Labute approximate surface area is 149 Å². The third-order valence-electron chi connectivity index (χ3n) is 4.82. The van der Waals surface area contributed by atoms with Gasteiger partial charge in [0.2, 0.25) is 0 Å². The van der Waals surface area contributed by atoms with Crippen LogP contribution in [-0.2, 0) is 14.3 Å². The molecule has 0 N–H and O–H groups in total. The molecule has 1 unspecified atom stereocenters. The van der Waals surface area contributed by atoms with Crippen LogP contribution >= 0.6 is 0 Å². The molecular formula is C21H40O3. The normalized spacial score (nSPS) is 16.3. The van der Waals surface area contributed by atoms with E-state index in [1.54, 1.807) is 0 Å². The van der Waals surface area contributed by atoms with Gasteiger partial charge < -0.3 is 9.47 Å². The van der Waals surface area contributed by atoms with Gasteiger partial charge in [0.1, 0.15) is 12.7 Å². The molecular weight excluding hydrogens is 300 g/mol. The van der Waals surface area contributed by atoms with E-state index in [9.17, 15) is 4.79 Å². The van der Waals surface area contributed by atoms with Crippen molar-refractivity contribution in [3.8, 4) is 0 Å². The van der Waals surface area contributed by atoms with E-state index in [-0.39, 0.29) is 12.1 Å². The average molecular weight is 341 g/mol. The molecule has 0 aliphatic carbocycles. The van der Waals surface area contributed by atoms with Crippen LogP contribution in [0.5, 0.6) is 0 Å². The lowest BCUT2D eigenvalue weighted by Crippen LogP contribution is -2.09. The van der Waals surface area contributed by atoms with Gasteiger partial charge in [-0.25, -0.2) is 0 Å². The molecule has 0 aromatic rings. The molecule has 3 heteroatoms. The summed E-state index contributed by atoms with van der Waals surface area (Å²) < 4.78 is 10.1. The van der Waals surface area contributed by atoms with Crippen molar-refractivity contribution in [1.29, 1.82) is 0 Å². The van der Waals surface area contributed by atoms with Crippen molar-refractivity contribution in [3.63, 3.8) is 0 Å². The summed E-state index contributed by atoms with van der Waals surface area (Å²) in [7, 11) is 0. The van der Waals surface area contributed by atoms with E-state index in [0.29, 0.717) is 13.0 Å². The van der Waals surface area contributed by atoms with Gasteiger partial charge >= 0.3 is 5.97 Å². The van der Waals surface area contributed by atoms with E-state index in [0.717, 1.165) is 19.4 Å². The van der Waals surface area contributed by atoms with E-state index in [4.69, 9.17) is 9.47 Å². The van der Waals surface area contributed by atoms with Gasteiger partial charge in [0.15, 0.2) is 0 Å². The van der Waals surface area contributed by atoms with Gasteiger partial charge in [0.25, 0.3) is 0 Å². The Hall–Kier alpha value is -0.570. The van der Waals surface area contributed by atoms with Crippen molar-refractivity contribution in [1.82, 2.24) is 0 Å². The molecule has 3 nitrogen and oxygen atoms in total. The second kappa shape index (κ2) is 15.9. The zero-order valence-electron chi connectivity index (χ0n) is 16.0. The highest BCUT2D eigenvalue weighted by atomic mass is 16.6. The van der Waals surface area contributed by atoms with Gasteiger partial charge in [-0.15, -0.1) is 0 Å². The molecule has 1 fully saturated rings. The van der Waals surface area contributed by atoms with E-state index in [2.05, 4.69) is 6.92 Å². The lowest BCUT2D eigenvalue weighted by Gasteiger charge is -2.04. The Morgan fingerprint density at radius 3 is 1.62 bits per heavy atom. The lowest BCUT2D eigenvalue weighted by atomic mass is 10.0. The molecule has 1 saturated heterocycles. The van der Waals surface area contributed by atoms with Crippen molar-refractivity contribution in [2.24, 2.45) is 0 Å². The van der Waals surface area contributed by atoms with Crippen molar-refractivity contribution < 1.29 is 14.3 Å². The number of rotatable bonds is 18. The SMILES string of the molecule is CCCCCCCCCCCCCCCCCC(=O)OCC1CO1. The predicted molar refractivity (Wildman–Crippen MR) is 100 cm³/mol. The van der Waals surface area contributed by atoms with Crippen LogP contribution in [0.1, 0.15) is 110 Å². The van der Waals surface area contributed by atoms with Crippen LogP contribution in [0, 0.1) is 0 Å². The molecule has 0 aromatic carbocycles. The highest BCUT2D eigenvalue weighted by Crippen LogP contribution is 2.14. The molecule has 24 heavy (non-hydrogen) atoms. The number of esters is 1. The van der Waals surface area contributed by atoms with Gasteiger partial charge in [-0.05, 0) is 6.42 Å². The number of epoxide rings is 1. The minimum atomic E-state index is -0.0554. The number of ether oxygens (including phenoxy) is 2. The Morgan fingerprint density at radius 2 is 1.21 bits per heavy atom. The lowest BCUT2D eigenvalue weighted by molar-refractivity contribution is -0.144. The summed E-state index contributed by atoms with van der Waals surface area (Å²) in [5.41, 5.74) is 0. The van der Waals surface area contributed by atoms with Crippen molar-refractivity contribution >= 4 is 5.97 Å². The van der Waals surface area contributed by atoms with Crippen molar-refractivity contribution in [3.05, 3.63) is 0 Å². The Morgan fingerprint density at radius 1 is 0.792 bits per heavy atom. The first-order valence-electron chi connectivity index (χ1n) is 10.6. The maximum absolute atomic E-state index is 11.4. The van der Waals surface area contributed by atoms with Gasteiger partial charge in [-0.2, -0.15) is 0 Å². The maximum atomic E-state index is 11.4. The number of carbonyl (C=O) groups is 1. The Kier molecular flexibility index (Phi) is 14.3. The second-order valence-corrected chi connectivity index (χ2v) is 7.34. The highest BCUT2D eigenvalue weighted by Gasteiger charge is 2.23. The first-order valence-corrected chi connectivity index (χ1v) is 10.6. The van der Waals surface area contributed by atoms with E-state index in [1.807, 2.05) is 0 Å². The molecule has 1 heterocycles. The fraction of sp³-hybridized carbons (Fsp3) is 0.952. The summed E-state index contributed by atoms with van der Waals surface area (Å²) in [4.78, 5) is 11.4. The predicted octanol–water partition coefficient (Wildman–Crippen LogP) is 6.19. The van der Waals surface area contributed by atoms with E-state index >= 15 is 0 Å². The number of unbranched alkanes of at least 4 members (excludes halogenated alkanes) is 14. The number of hydrogen-bond acceptors (Lipinski definition) is 3. The molecule has 142 valence electrons. The Balaban J connectivity index is 1.66. The fourth-order valence-electron chi connectivity index (χ4n) is 3.06. The molecule has 1 rings (SSSR count). The number of carbonyl (C=O) groups excluding carboxylic acids is 1. The minimum Gasteiger partial charge on any atom is -0.463 e. The van der Waals surface area contributed by atoms with Crippen LogP contribution in [0.25, 0.3) is 0 Å². The average Bonchev–Trinajstić information content (AvgIpc) is 3.41. The largest absolute Gasteiger partial charge is 0.463 e. The Bertz CT molecular complexity index is 287. The molecule has 0 saturated carbocycles.